The molecule has 3 nitrogen and oxygen atoms in total. The van der Waals surface area contributed by atoms with Gasteiger partial charge in [0.15, 0.2) is 0 Å². The minimum Gasteiger partial charge on any atom is -0.398 e. The normalized spacial score (nSPS) is 10.5. The van der Waals surface area contributed by atoms with Crippen molar-refractivity contribution in [3.63, 3.8) is 0 Å². The molecule has 0 spiro atoms. The Morgan fingerprint density at radius 3 is 2.84 bits per heavy atom. The molecule has 19 heavy (non-hydrogen) atoms. The number of nitrogens with two attached hydrogens (primary N) is 1. The Kier molecular flexibility index (Phi) is 4.27. The van der Waals surface area contributed by atoms with Gasteiger partial charge in [-0.3, -0.25) is 4.79 Å². The SMILES string of the molecule is Cc1c(N)cc(Br)cc1C(=O)N(C)Cc1cccs1. The molecule has 0 atom stereocenters. The van der Waals surface area contributed by atoms with Crippen LogP contribution in [0, 0.1) is 6.92 Å². The Bertz CT molecular complexity index is 596. The van der Waals surface area contributed by atoms with Crippen molar-refractivity contribution in [1.82, 2.24) is 4.90 Å². The second-order valence-electron chi connectivity index (χ2n) is 4.41. The molecule has 0 aliphatic heterocycles. The van der Waals surface area contributed by atoms with Crippen LogP contribution in [0.2, 0.25) is 0 Å². The maximum absolute atomic E-state index is 12.5. The number of carbonyl (C=O) groups excluding carboxylic acids is 1. The van der Waals surface area contributed by atoms with Gasteiger partial charge in [-0.1, -0.05) is 22.0 Å². The molecule has 1 aromatic carbocycles. The first-order valence-corrected chi connectivity index (χ1v) is 7.49. The molecule has 0 aliphatic carbocycles. The zero-order valence-corrected chi connectivity index (χ0v) is 13.2. The van der Waals surface area contributed by atoms with Crippen molar-refractivity contribution in [1.29, 1.82) is 0 Å². The quantitative estimate of drug-likeness (QED) is 0.868. The highest BCUT2D eigenvalue weighted by Crippen LogP contribution is 2.24. The van der Waals surface area contributed by atoms with Gasteiger partial charge in [0.05, 0.1) is 6.54 Å². The summed E-state index contributed by atoms with van der Waals surface area (Å²) in [5, 5.41) is 2.01. The first-order valence-electron chi connectivity index (χ1n) is 5.82. The summed E-state index contributed by atoms with van der Waals surface area (Å²) in [6, 6.07) is 7.64. The van der Waals surface area contributed by atoms with Crippen LogP contribution < -0.4 is 5.73 Å². The van der Waals surface area contributed by atoms with Crippen molar-refractivity contribution in [2.24, 2.45) is 0 Å². The molecule has 0 bridgehead atoms. The Balaban J connectivity index is 2.24. The second-order valence-corrected chi connectivity index (χ2v) is 6.36. The van der Waals surface area contributed by atoms with E-state index in [9.17, 15) is 4.79 Å². The topological polar surface area (TPSA) is 46.3 Å². The Labute approximate surface area is 125 Å². The smallest absolute Gasteiger partial charge is 0.254 e. The van der Waals surface area contributed by atoms with E-state index in [2.05, 4.69) is 15.9 Å². The molecular weight excluding hydrogens is 324 g/mol. The van der Waals surface area contributed by atoms with E-state index in [0.29, 0.717) is 17.8 Å². The van der Waals surface area contributed by atoms with Gasteiger partial charge in [0, 0.05) is 27.6 Å². The van der Waals surface area contributed by atoms with Gasteiger partial charge in [0.2, 0.25) is 0 Å². The van der Waals surface area contributed by atoms with Crippen LogP contribution in [0.5, 0.6) is 0 Å². The number of benzene rings is 1. The Hall–Kier alpha value is -1.33. The van der Waals surface area contributed by atoms with E-state index >= 15 is 0 Å². The maximum Gasteiger partial charge on any atom is 0.254 e. The summed E-state index contributed by atoms with van der Waals surface area (Å²) in [4.78, 5) is 15.3. The zero-order chi connectivity index (χ0) is 14.0. The predicted molar refractivity (Wildman–Crippen MR) is 83.4 cm³/mol. The fourth-order valence-electron chi connectivity index (χ4n) is 1.84. The molecule has 0 saturated carbocycles. The number of anilines is 1. The van der Waals surface area contributed by atoms with Crippen molar-refractivity contribution < 1.29 is 4.79 Å². The fourth-order valence-corrected chi connectivity index (χ4v) is 3.07. The van der Waals surface area contributed by atoms with Crippen molar-refractivity contribution >= 4 is 38.9 Å². The third-order valence-electron chi connectivity index (χ3n) is 2.96. The number of carbonyl (C=O) groups is 1. The van der Waals surface area contributed by atoms with Crippen molar-refractivity contribution in [2.75, 3.05) is 12.8 Å². The molecule has 2 N–H and O–H groups in total. The van der Waals surface area contributed by atoms with Crippen LogP contribution in [0.25, 0.3) is 0 Å². The van der Waals surface area contributed by atoms with Gasteiger partial charge in [-0.05, 0) is 36.1 Å². The number of hydrogen-bond donors (Lipinski definition) is 1. The third kappa shape index (κ3) is 3.16. The van der Waals surface area contributed by atoms with E-state index in [1.165, 1.54) is 0 Å². The first kappa shape index (κ1) is 14.1. The number of halogens is 1. The van der Waals surface area contributed by atoms with Gasteiger partial charge >= 0.3 is 0 Å². The van der Waals surface area contributed by atoms with E-state index < -0.39 is 0 Å². The van der Waals surface area contributed by atoms with Crippen LogP contribution in [-0.2, 0) is 6.54 Å². The summed E-state index contributed by atoms with van der Waals surface area (Å²) in [5.41, 5.74) is 7.99. The molecule has 1 amide bonds. The van der Waals surface area contributed by atoms with Crippen molar-refractivity contribution in [2.45, 2.75) is 13.5 Å². The van der Waals surface area contributed by atoms with E-state index in [-0.39, 0.29) is 5.91 Å². The number of amides is 1. The van der Waals surface area contributed by atoms with Gasteiger partial charge in [0.25, 0.3) is 5.91 Å². The van der Waals surface area contributed by atoms with Gasteiger partial charge in [-0.15, -0.1) is 11.3 Å². The van der Waals surface area contributed by atoms with Crippen LogP contribution in [0.1, 0.15) is 20.8 Å². The lowest BCUT2D eigenvalue weighted by Gasteiger charge is -2.18. The largest absolute Gasteiger partial charge is 0.398 e. The summed E-state index contributed by atoms with van der Waals surface area (Å²) in [6.07, 6.45) is 0. The summed E-state index contributed by atoms with van der Waals surface area (Å²) in [6.45, 7) is 2.48. The lowest BCUT2D eigenvalue weighted by molar-refractivity contribution is 0.0785. The summed E-state index contributed by atoms with van der Waals surface area (Å²) >= 11 is 5.02. The Morgan fingerprint density at radius 2 is 2.21 bits per heavy atom. The second kappa shape index (κ2) is 5.75. The lowest BCUT2D eigenvalue weighted by atomic mass is 10.1. The van der Waals surface area contributed by atoms with Crippen molar-refractivity contribution in [3.05, 3.63) is 50.1 Å². The number of hydrogen-bond acceptors (Lipinski definition) is 3. The number of rotatable bonds is 3. The van der Waals surface area contributed by atoms with E-state index in [1.807, 2.05) is 36.6 Å². The van der Waals surface area contributed by atoms with E-state index in [1.54, 1.807) is 23.3 Å². The van der Waals surface area contributed by atoms with Crippen molar-refractivity contribution in [3.8, 4) is 0 Å². The molecule has 1 aromatic heterocycles. The van der Waals surface area contributed by atoms with Gasteiger partial charge in [-0.25, -0.2) is 0 Å². The van der Waals surface area contributed by atoms with E-state index in [4.69, 9.17) is 5.73 Å². The number of nitrogen functional groups attached to an aromatic ring is 1. The molecule has 2 aromatic rings. The molecule has 0 aliphatic rings. The summed E-state index contributed by atoms with van der Waals surface area (Å²) < 4.78 is 0.823. The van der Waals surface area contributed by atoms with Crippen LogP contribution in [0.15, 0.2) is 34.1 Å². The molecule has 2 rings (SSSR count). The average Bonchev–Trinajstić information content (AvgIpc) is 2.85. The minimum atomic E-state index is -0.0149. The predicted octanol–water partition coefficient (Wildman–Crippen LogP) is 3.67. The molecule has 0 saturated heterocycles. The highest BCUT2D eigenvalue weighted by molar-refractivity contribution is 9.10. The molecular formula is C14H15BrN2OS. The van der Waals surface area contributed by atoms with Crippen LogP contribution >= 0.6 is 27.3 Å². The molecule has 0 radical (unpaired) electrons. The zero-order valence-electron chi connectivity index (χ0n) is 10.8. The van der Waals surface area contributed by atoms with Gasteiger partial charge < -0.3 is 10.6 Å². The standard InChI is InChI=1S/C14H15BrN2OS/c1-9-12(6-10(15)7-13(9)16)14(18)17(2)8-11-4-3-5-19-11/h3-7H,8,16H2,1-2H3. The lowest BCUT2D eigenvalue weighted by Crippen LogP contribution is -2.26. The van der Waals surface area contributed by atoms with Gasteiger partial charge in [0.1, 0.15) is 0 Å². The summed E-state index contributed by atoms with van der Waals surface area (Å²) in [7, 11) is 1.80. The summed E-state index contributed by atoms with van der Waals surface area (Å²) in [5.74, 6) is -0.0149. The molecule has 5 heteroatoms. The van der Waals surface area contributed by atoms with Crippen LogP contribution in [0.4, 0.5) is 5.69 Å². The first-order chi connectivity index (χ1) is 8.99. The van der Waals surface area contributed by atoms with Gasteiger partial charge in [-0.2, -0.15) is 0 Å². The monoisotopic (exact) mass is 338 g/mol. The number of thiophene rings is 1. The minimum absolute atomic E-state index is 0.0149. The molecule has 0 fully saturated rings. The molecule has 100 valence electrons. The molecule has 1 heterocycles. The van der Waals surface area contributed by atoms with Crippen LogP contribution in [0.3, 0.4) is 0 Å². The Morgan fingerprint density at radius 1 is 1.47 bits per heavy atom. The fraction of sp³-hybridized carbons (Fsp3) is 0.214. The molecule has 0 unspecified atom stereocenters. The van der Waals surface area contributed by atoms with E-state index in [0.717, 1.165) is 14.9 Å². The average molecular weight is 339 g/mol. The number of nitrogens with zero attached hydrogens (tertiary/aromatic N) is 1. The highest BCUT2D eigenvalue weighted by atomic mass is 79.9. The third-order valence-corrected chi connectivity index (χ3v) is 4.28. The maximum atomic E-state index is 12.5. The van der Waals surface area contributed by atoms with Crippen LogP contribution in [-0.4, -0.2) is 17.9 Å². The highest BCUT2D eigenvalue weighted by Gasteiger charge is 2.16.